The molecule has 0 unspecified atom stereocenters. The van der Waals surface area contributed by atoms with Crippen LogP contribution in [-0.4, -0.2) is 17.4 Å². The first-order chi connectivity index (χ1) is 10.5. The molecular weight excluding hydrogens is 362 g/mol. The summed E-state index contributed by atoms with van der Waals surface area (Å²) in [6.45, 7) is 3.50. The monoisotopic (exact) mass is 377 g/mol. The first-order valence-corrected chi connectivity index (χ1v) is 8.54. The fraction of sp³-hybridized carbons (Fsp3) is 0.176. The van der Waals surface area contributed by atoms with Crippen LogP contribution >= 0.6 is 27.7 Å². The highest BCUT2D eigenvalue weighted by molar-refractivity contribution is 9.10. The third kappa shape index (κ3) is 4.45. The highest BCUT2D eigenvalue weighted by Crippen LogP contribution is 2.25. The molecule has 0 radical (unpaired) electrons. The van der Waals surface area contributed by atoms with Crippen molar-refractivity contribution in [2.24, 2.45) is 0 Å². The average Bonchev–Trinajstić information content (AvgIpc) is 2.46. The van der Waals surface area contributed by atoms with Crippen LogP contribution < -0.4 is 5.32 Å². The van der Waals surface area contributed by atoms with E-state index in [2.05, 4.69) is 21.2 Å². The predicted octanol–water partition coefficient (Wildman–Crippen LogP) is 4.69. The summed E-state index contributed by atoms with van der Waals surface area (Å²) >= 11 is 4.90. The summed E-state index contributed by atoms with van der Waals surface area (Å²) in [5.74, 6) is 0.114. The maximum atomic E-state index is 12.1. The Kier molecular flexibility index (Phi) is 5.80. The van der Waals surface area contributed by atoms with Crippen molar-refractivity contribution in [1.29, 1.82) is 0 Å². The first-order valence-electron chi connectivity index (χ1n) is 6.76. The van der Waals surface area contributed by atoms with Gasteiger partial charge in [0, 0.05) is 14.9 Å². The Morgan fingerprint density at radius 1 is 1.18 bits per heavy atom. The molecule has 0 fully saturated rings. The normalized spacial score (nSPS) is 10.3. The van der Waals surface area contributed by atoms with Gasteiger partial charge in [-0.05, 0) is 49.7 Å². The van der Waals surface area contributed by atoms with Crippen molar-refractivity contribution in [2.75, 3.05) is 11.1 Å². The van der Waals surface area contributed by atoms with Crippen LogP contribution in [0.3, 0.4) is 0 Å². The maximum Gasteiger partial charge on any atom is 0.234 e. The molecule has 0 spiro atoms. The lowest BCUT2D eigenvalue weighted by atomic mass is 10.1. The van der Waals surface area contributed by atoms with Crippen molar-refractivity contribution >= 4 is 45.1 Å². The molecule has 0 saturated heterocycles. The highest BCUT2D eigenvalue weighted by Gasteiger charge is 2.10. The number of hydrogen-bond donors (Lipinski definition) is 1. The van der Waals surface area contributed by atoms with Crippen molar-refractivity contribution in [1.82, 2.24) is 0 Å². The molecule has 0 aliphatic heterocycles. The fourth-order valence-electron chi connectivity index (χ4n) is 2.00. The zero-order valence-corrected chi connectivity index (χ0v) is 14.8. The van der Waals surface area contributed by atoms with E-state index in [4.69, 9.17) is 0 Å². The van der Waals surface area contributed by atoms with Gasteiger partial charge in [0.05, 0.1) is 11.4 Å². The van der Waals surface area contributed by atoms with E-state index in [9.17, 15) is 9.59 Å². The first kappa shape index (κ1) is 16.8. The van der Waals surface area contributed by atoms with Crippen LogP contribution in [0.15, 0.2) is 51.8 Å². The third-order valence-electron chi connectivity index (χ3n) is 3.08. The molecule has 3 nitrogen and oxygen atoms in total. The van der Waals surface area contributed by atoms with E-state index in [0.29, 0.717) is 17.0 Å². The number of aryl methyl sites for hydroxylation is 1. The number of anilines is 1. The van der Waals surface area contributed by atoms with Crippen molar-refractivity contribution in [3.8, 4) is 0 Å². The summed E-state index contributed by atoms with van der Waals surface area (Å²) < 4.78 is 1.02. The standard InChI is InChI=1S/C17H16BrNO2S/c1-11-9-13(18)7-8-16(11)22-10-17(21)19-15-6-4-3-5-14(15)12(2)20/h3-9H,10H2,1-2H3,(H,19,21). The van der Waals surface area contributed by atoms with E-state index in [0.717, 1.165) is 14.9 Å². The smallest absolute Gasteiger partial charge is 0.234 e. The quantitative estimate of drug-likeness (QED) is 0.607. The van der Waals surface area contributed by atoms with Gasteiger partial charge in [-0.25, -0.2) is 0 Å². The second-order valence-corrected chi connectivity index (χ2v) is 6.78. The Bertz CT molecular complexity index is 716. The fourth-order valence-corrected chi connectivity index (χ4v) is 3.29. The molecule has 22 heavy (non-hydrogen) atoms. The Hall–Kier alpha value is -1.59. The molecule has 114 valence electrons. The molecule has 0 aromatic heterocycles. The highest BCUT2D eigenvalue weighted by atomic mass is 79.9. The number of amides is 1. The Morgan fingerprint density at radius 3 is 2.59 bits per heavy atom. The minimum absolute atomic E-state index is 0.0627. The summed E-state index contributed by atoms with van der Waals surface area (Å²) in [7, 11) is 0. The van der Waals surface area contributed by atoms with Gasteiger partial charge in [-0.3, -0.25) is 9.59 Å². The van der Waals surface area contributed by atoms with Crippen LogP contribution in [0.1, 0.15) is 22.8 Å². The van der Waals surface area contributed by atoms with Crippen LogP contribution in [0.4, 0.5) is 5.69 Å². The number of nitrogens with one attached hydrogen (secondary N) is 1. The molecule has 2 aromatic rings. The molecule has 0 heterocycles. The lowest BCUT2D eigenvalue weighted by molar-refractivity contribution is -0.113. The van der Waals surface area contributed by atoms with Gasteiger partial charge in [-0.1, -0.05) is 28.1 Å². The minimum atomic E-state index is -0.124. The Labute approximate surface area is 142 Å². The van der Waals surface area contributed by atoms with E-state index in [1.165, 1.54) is 18.7 Å². The summed E-state index contributed by atoms with van der Waals surface area (Å²) in [6.07, 6.45) is 0. The molecular formula is C17H16BrNO2S. The number of thioether (sulfide) groups is 1. The molecule has 5 heteroatoms. The summed E-state index contributed by atoms with van der Waals surface area (Å²) in [5.41, 5.74) is 2.21. The van der Waals surface area contributed by atoms with Crippen molar-refractivity contribution in [2.45, 2.75) is 18.7 Å². The van der Waals surface area contributed by atoms with Gasteiger partial charge in [0.25, 0.3) is 0 Å². The van der Waals surface area contributed by atoms with Crippen molar-refractivity contribution in [3.63, 3.8) is 0 Å². The van der Waals surface area contributed by atoms with Gasteiger partial charge in [0.2, 0.25) is 5.91 Å². The van der Waals surface area contributed by atoms with Crippen molar-refractivity contribution < 1.29 is 9.59 Å². The molecule has 0 saturated carbocycles. The Balaban J connectivity index is 2.00. The van der Waals surface area contributed by atoms with Gasteiger partial charge in [0.15, 0.2) is 5.78 Å². The van der Waals surface area contributed by atoms with E-state index in [-0.39, 0.29) is 11.7 Å². The number of carbonyl (C=O) groups excluding carboxylic acids is 2. The van der Waals surface area contributed by atoms with Crippen LogP contribution in [-0.2, 0) is 4.79 Å². The van der Waals surface area contributed by atoms with Gasteiger partial charge < -0.3 is 5.32 Å². The van der Waals surface area contributed by atoms with Gasteiger partial charge in [0.1, 0.15) is 0 Å². The van der Waals surface area contributed by atoms with E-state index >= 15 is 0 Å². The number of Topliss-reactive ketones (excluding diaryl/α,β-unsaturated/α-hetero) is 1. The summed E-state index contributed by atoms with van der Waals surface area (Å²) in [5, 5.41) is 2.80. The van der Waals surface area contributed by atoms with Crippen LogP contribution in [0.2, 0.25) is 0 Å². The lowest BCUT2D eigenvalue weighted by Gasteiger charge is -2.10. The number of benzene rings is 2. The maximum absolute atomic E-state index is 12.1. The van der Waals surface area contributed by atoms with Gasteiger partial charge >= 0.3 is 0 Å². The summed E-state index contributed by atoms with van der Waals surface area (Å²) in [6, 6.07) is 13.0. The van der Waals surface area contributed by atoms with Crippen LogP contribution in [0.25, 0.3) is 0 Å². The van der Waals surface area contributed by atoms with E-state index < -0.39 is 0 Å². The molecule has 1 N–H and O–H groups in total. The van der Waals surface area contributed by atoms with E-state index in [1.807, 2.05) is 25.1 Å². The van der Waals surface area contributed by atoms with Crippen LogP contribution in [0, 0.1) is 6.92 Å². The predicted molar refractivity (Wildman–Crippen MR) is 94.7 cm³/mol. The number of carbonyl (C=O) groups is 2. The number of ketones is 1. The largest absolute Gasteiger partial charge is 0.325 e. The molecule has 0 atom stereocenters. The van der Waals surface area contributed by atoms with Crippen molar-refractivity contribution in [3.05, 3.63) is 58.1 Å². The lowest BCUT2D eigenvalue weighted by Crippen LogP contribution is -2.16. The zero-order valence-electron chi connectivity index (χ0n) is 12.4. The van der Waals surface area contributed by atoms with E-state index in [1.54, 1.807) is 24.3 Å². The zero-order chi connectivity index (χ0) is 16.1. The Morgan fingerprint density at radius 2 is 1.91 bits per heavy atom. The number of rotatable bonds is 5. The molecule has 2 aromatic carbocycles. The molecule has 0 aliphatic rings. The molecule has 0 aliphatic carbocycles. The number of para-hydroxylation sites is 1. The van der Waals surface area contributed by atoms with Crippen LogP contribution in [0.5, 0.6) is 0 Å². The molecule has 1 amide bonds. The molecule has 2 rings (SSSR count). The number of hydrogen-bond acceptors (Lipinski definition) is 3. The minimum Gasteiger partial charge on any atom is -0.325 e. The SMILES string of the molecule is CC(=O)c1ccccc1NC(=O)CSc1ccc(Br)cc1C. The third-order valence-corrected chi connectivity index (χ3v) is 4.75. The average molecular weight is 378 g/mol. The second kappa shape index (κ2) is 7.61. The summed E-state index contributed by atoms with van der Waals surface area (Å²) in [4.78, 5) is 24.7. The molecule has 0 bridgehead atoms. The van der Waals surface area contributed by atoms with Gasteiger partial charge in [-0.2, -0.15) is 0 Å². The second-order valence-electron chi connectivity index (χ2n) is 4.85. The number of halogens is 1. The topological polar surface area (TPSA) is 46.2 Å². The van der Waals surface area contributed by atoms with Gasteiger partial charge in [-0.15, -0.1) is 11.8 Å².